The van der Waals surface area contributed by atoms with Crippen molar-refractivity contribution in [2.75, 3.05) is 13.1 Å². The van der Waals surface area contributed by atoms with Crippen LogP contribution in [0.15, 0.2) is 41.3 Å². The molecule has 2 atom stereocenters. The number of hydrogen-bond donors (Lipinski definition) is 2. The lowest BCUT2D eigenvalue weighted by atomic mass is 9.83. The zero-order valence-electron chi connectivity index (χ0n) is 18.0. The van der Waals surface area contributed by atoms with Gasteiger partial charge in [0.05, 0.1) is 17.0 Å². The van der Waals surface area contributed by atoms with E-state index in [1.54, 1.807) is 18.2 Å². The maximum Gasteiger partial charge on any atom is 0.309 e. The van der Waals surface area contributed by atoms with E-state index in [1.807, 2.05) is 6.07 Å². The van der Waals surface area contributed by atoms with Crippen LogP contribution >= 0.6 is 23.2 Å². The Morgan fingerprint density at radius 2 is 1.82 bits per heavy atom. The third-order valence-corrected chi connectivity index (χ3v) is 9.23. The number of ether oxygens (including phenoxy) is 1. The molecule has 2 aliphatic heterocycles. The predicted molar refractivity (Wildman–Crippen MR) is 124 cm³/mol. The van der Waals surface area contributed by atoms with Crippen molar-refractivity contribution in [1.82, 2.24) is 4.31 Å². The second kappa shape index (κ2) is 9.07. The number of halogens is 2. The van der Waals surface area contributed by atoms with E-state index in [9.17, 15) is 23.4 Å². The van der Waals surface area contributed by atoms with Gasteiger partial charge in [0.2, 0.25) is 10.0 Å². The Hall–Kier alpha value is -1.84. The third kappa shape index (κ3) is 4.72. The topological polar surface area (TPSA) is 104 Å². The summed E-state index contributed by atoms with van der Waals surface area (Å²) >= 11 is 12.1. The SMILES string of the molecule is C[C@H](C(=O)O)[C@@H](O)c1ccc2c(c1)OC1(CC2)CCN(S(=O)(=O)c2cc(Cl)ccc2Cl)CC1. The molecule has 0 aliphatic carbocycles. The number of carboxylic acid groups (broad SMARTS) is 1. The summed E-state index contributed by atoms with van der Waals surface area (Å²) in [7, 11) is -3.79. The highest BCUT2D eigenvalue weighted by Gasteiger charge is 2.43. The summed E-state index contributed by atoms with van der Waals surface area (Å²) < 4.78 is 34.0. The minimum absolute atomic E-state index is 0.00583. The Balaban J connectivity index is 1.51. The Labute approximate surface area is 202 Å². The van der Waals surface area contributed by atoms with Crippen LogP contribution < -0.4 is 4.74 Å². The number of nitrogens with zero attached hydrogens (tertiary/aromatic N) is 1. The van der Waals surface area contributed by atoms with Crippen LogP contribution in [0, 0.1) is 5.92 Å². The molecular formula is C23H25Cl2NO6S. The van der Waals surface area contributed by atoms with E-state index in [2.05, 4.69) is 0 Å². The zero-order chi connectivity index (χ0) is 24.0. The molecule has 2 aromatic carbocycles. The lowest BCUT2D eigenvalue weighted by molar-refractivity contribution is -0.145. The normalized spacial score (nSPS) is 20.0. The number of piperidine rings is 1. The molecule has 1 saturated heterocycles. The Kier molecular flexibility index (Phi) is 6.68. The molecule has 0 radical (unpaired) electrons. The predicted octanol–water partition coefficient (Wildman–Crippen LogP) is 4.30. The first-order chi connectivity index (χ1) is 15.5. The molecule has 0 aromatic heterocycles. The minimum atomic E-state index is -3.79. The first-order valence-electron chi connectivity index (χ1n) is 10.7. The Morgan fingerprint density at radius 3 is 2.48 bits per heavy atom. The van der Waals surface area contributed by atoms with Crippen LogP contribution in [-0.4, -0.2) is 47.6 Å². The number of fused-ring (bicyclic) bond motifs is 1. The van der Waals surface area contributed by atoms with Gasteiger partial charge >= 0.3 is 5.97 Å². The standard InChI is InChI=1S/C23H25Cl2NO6S/c1-14(22(28)29)21(27)16-3-2-15-6-7-23(32-19(15)12-16)8-10-26(11-9-23)33(30,31)20-13-17(24)4-5-18(20)25/h2-5,12-14,21,27H,6-11H2,1H3,(H,28,29)/t14-,21+/m0/s1. The highest BCUT2D eigenvalue weighted by atomic mass is 35.5. The van der Waals surface area contributed by atoms with Gasteiger partial charge in [0, 0.05) is 31.0 Å². The van der Waals surface area contributed by atoms with E-state index >= 15 is 0 Å². The number of benzene rings is 2. The molecule has 0 amide bonds. The fraction of sp³-hybridized carbons (Fsp3) is 0.435. The fourth-order valence-corrected chi connectivity index (χ4v) is 6.61. The number of aliphatic hydroxyl groups is 1. The smallest absolute Gasteiger partial charge is 0.309 e. The third-order valence-electron chi connectivity index (χ3n) is 6.62. The van der Waals surface area contributed by atoms with E-state index in [-0.39, 0.29) is 23.0 Å². The highest BCUT2D eigenvalue weighted by Crippen LogP contribution is 2.42. The molecule has 7 nitrogen and oxygen atoms in total. The van der Waals surface area contributed by atoms with Gasteiger partial charge in [0.1, 0.15) is 16.2 Å². The van der Waals surface area contributed by atoms with Crippen molar-refractivity contribution >= 4 is 39.2 Å². The van der Waals surface area contributed by atoms with Gasteiger partial charge in [-0.3, -0.25) is 4.79 Å². The summed E-state index contributed by atoms with van der Waals surface area (Å²) in [4.78, 5) is 11.2. The molecule has 33 heavy (non-hydrogen) atoms. The van der Waals surface area contributed by atoms with Crippen molar-refractivity contribution in [2.24, 2.45) is 5.92 Å². The highest BCUT2D eigenvalue weighted by molar-refractivity contribution is 7.89. The van der Waals surface area contributed by atoms with Gasteiger partial charge in [-0.1, -0.05) is 35.3 Å². The molecule has 2 aromatic rings. The molecule has 4 rings (SSSR count). The van der Waals surface area contributed by atoms with Crippen LogP contribution in [0.2, 0.25) is 10.0 Å². The van der Waals surface area contributed by atoms with E-state index in [0.29, 0.717) is 29.2 Å². The van der Waals surface area contributed by atoms with Crippen molar-refractivity contribution in [3.8, 4) is 5.75 Å². The second-order valence-corrected chi connectivity index (χ2v) is 11.5. The molecule has 0 saturated carbocycles. The molecule has 2 aliphatic rings. The van der Waals surface area contributed by atoms with Gasteiger partial charge in [0.15, 0.2) is 0 Å². The van der Waals surface area contributed by atoms with E-state index in [4.69, 9.17) is 27.9 Å². The molecule has 2 heterocycles. The number of carbonyl (C=O) groups is 1. The molecule has 1 fully saturated rings. The number of aliphatic hydroxyl groups excluding tert-OH is 1. The minimum Gasteiger partial charge on any atom is -0.487 e. The maximum absolute atomic E-state index is 13.1. The van der Waals surface area contributed by atoms with Crippen LogP contribution in [0.5, 0.6) is 5.75 Å². The summed E-state index contributed by atoms with van der Waals surface area (Å²) in [5, 5.41) is 20.0. The first-order valence-corrected chi connectivity index (χ1v) is 12.9. The summed E-state index contributed by atoms with van der Waals surface area (Å²) in [6, 6.07) is 9.67. The quantitative estimate of drug-likeness (QED) is 0.617. The largest absolute Gasteiger partial charge is 0.487 e. The van der Waals surface area contributed by atoms with Crippen molar-refractivity contribution in [1.29, 1.82) is 0 Å². The first kappa shape index (κ1) is 24.3. The van der Waals surface area contributed by atoms with Crippen molar-refractivity contribution in [2.45, 2.75) is 49.2 Å². The summed E-state index contributed by atoms with van der Waals surface area (Å²) in [6.07, 6.45) is 1.36. The molecule has 10 heteroatoms. The number of hydrogen-bond acceptors (Lipinski definition) is 5. The fourth-order valence-electron chi connectivity index (χ4n) is 4.43. The molecule has 0 bridgehead atoms. The van der Waals surface area contributed by atoms with E-state index in [0.717, 1.165) is 18.4 Å². The van der Waals surface area contributed by atoms with Crippen molar-refractivity contribution < 1.29 is 28.2 Å². The molecular weight excluding hydrogens is 489 g/mol. The average Bonchev–Trinajstić information content (AvgIpc) is 2.79. The van der Waals surface area contributed by atoms with Gasteiger partial charge in [-0.2, -0.15) is 4.31 Å². The van der Waals surface area contributed by atoms with Gasteiger partial charge in [0.25, 0.3) is 0 Å². The number of aryl methyl sites for hydroxylation is 1. The number of carboxylic acids is 1. The van der Waals surface area contributed by atoms with Crippen LogP contribution in [0.3, 0.4) is 0 Å². The number of sulfonamides is 1. The van der Waals surface area contributed by atoms with Crippen LogP contribution in [0.1, 0.15) is 43.4 Å². The summed E-state index contributed by atoms with van der Waals surface area (Å²) in [6.45, 7) is 2.01. The monoisotopic (exact) mass is 513 g/mol. The molecule has 2 N–H and O–H groups in total. The van der Waals surface area contributed by atoms with Gasteiger partial charge in [-0.15, -0.1) is 0 Å². The van der Waals surface area contributed by atoms with Crippen molar-refractivity contribution in [3.63, 3.8) is 0 Å². The van der Waals surface area contributed by atoms with Crippen LogP contribution in [-0.2, 0) is 21.2 Å². The van der Waals surface area contributed by atoms with Crippen LogP contribution in [0.25, 0.3) is 0 Å². The van der Waals surface area contributed by atoms with E-state index in [1.165, 1.54) is 23.4 Å². The van der Waals surface area contributed by atoms with Gasteiger partial charge in [-0.25, -0.2) is 8.42 Å². The van der Waals surface area contributed by atoms with Crippen molar-refractivity contribution in [3.05, 3.63) is 57.6 Å². The Bertz CT molecular complexity index is 1180. The van der Waals surface area contributed by atoms with Crippen LogP contribution in [0.4, 0.5) is 0 Å². The van der Waals surface area contributed by atoms with E-state index < -0.39 is 33.6 Å². The molecule has 1 spiro atoms. The summed E-state index contributed by atoms with van der Waals surface area (Å²) in [5.41, 5.74) is 0.954. The average molecular weight is 514 g/mol. The molecule has 178 valence electrons. The zero-order valence-corrected chi connectivity index (χ0v) is 20.3. The van der Waals surface area contributed by atoms with Gasteiger partial charge < -0.3 is 14.9 Å². The Morgan fingerprint density at radius 1 is 1.12 bits per heavy atom. The molecule has 0 unspecified atom stereocenters. The second-order valence-electron chi connectivity index (χ2n) is 8.70. The number of rotatable bonds is 5. The lowest BCUT2D eigenvalue weighted by Crippen LogP contribution is -2.51. The van der Waals surface area contributed by atoms with Gasteiger partial charge in [-0.05, 0) is 55.2 Å². The lowest BCUT2D eigenvalue weighted by Gasteiger charge is -2.44. The summed E-state index contributed by atoms with van der Waals surface area (Å²) in [5.74, 6) is -1.41. The maximum atomic E-state index is 13.1. The number of aliphatic carboxylic acids is 1.